The number of rotatable bonds is 4. The Morgan fingerprint density at radius 2 is 1.80 bits per heavy atom. The first-order valence-corrected chi connectivity index (χ1v) is 10.0. The van der Waals surface area contributed by atoms with E-state index in [0.717, 1.165) is 0 Å². The fraction of sp³-hybridized carbons (Fsp3) is 0.467. The van der Waals surface area contributed by atoms with Gasteiger partial charge in [-0.2, -0.15) is 9.29 Å². The highest BCUT2D eigenvalue weighted by Crippen LogP contribution is 2.27. The molecule has 136 valence electrons. The molecule has 1 aromatic carbocycles. The van der Waals surface area contributed by atoms with Gasteiger partial charge in [-0.15, -0.1) is 0 Å². The van der Waals surface area contributed by atoms with Crippen molar-refractivity contribution in [2.75, 3.05) is 31.1 Å². The van der Waals surface area contributed by atoms with Gasteiger partial charge in [0.1, 0.15) is 0 Å². The van der Waals surface area contributed by atoms with Gasteiger partial charge in [0.25, 0.3) is 0 Å². The zero-order chi connectivity index (χ0) is 18.2. The van der Waals surface area contributed by atoms with E-state index in [1.54, 1.807) is 0 Å². The third-order valence-electron chi connectivity index (χ3n) is 3.99. The molecular formula is C15H18Cl2N4O3S. The Hall–Kier alpha value is -1.35. The number of anilines is 1. The summed E-state index contributed by atoms with van der Waals surface area (Å²) in [6.07, 6.45) is 0. The number of hydrogen-bond donors (Lipinski definition) is 0. The molecule has 0 N–H and O–H groups in total. The van der Waals surface area contributed by atoms with Crippen LogP contribution < -0.4 is 4.90 Å². The van der Waals surface area contributed by atoms with E-state index in [1.807, 2.05) is 18.7 Å². The molecule has 1 aromatic heterocycles. The Labute approximate surface area is 156 Å². The molecule has 0 spiro atoms. The summed E-state index contributed by atoms with van der Waals surface area (Å²) in [7, 11) is -3.62. The fourth-order valence-corrected chi connectivity index (χ4v) is 4.31. The Balaban J connectivity index is 1.71. The zero-order valence-corrected chi connectivity index (χ0v) is 16.1. The molecule has 1 aliphatic rings. The van der Waals surface area contributed by atoms with E-state index < -0.39 is 10.0 Å². The van der Waals surface area contributed by atoms with Crippen molar-refractivity contribution < 1.29 is 12.9 Å². The molecule has 3 rings (SSSR count). The van der Waals surface area contributed by atoms with Crippen LogP contribution in [0.25, 0.3) is 0 Å². The molecule has 7 nitrogen and oxygen atoms in total. The summed E-state index contributed by atoms with van der Waals surface area (Å²) < 4.78 is 32.2. The van der Waals surface area contributed by atoms with E-state index >= 15 is 0 Å². The lowest BCUT2D eigenvalue weighted by atomic mass is 10.2. The van der Waals surface area contributed by atoms with Crippen LogP contribution >= 0.6 is 23.2 Å². The van der Waals surface area contributed by atoms with Crippen LogP contribution in [0.4, 0.5) is 6.01 Å². The summed E-state index contributed by atoms with van der Waals surface area (Å²) in [4.78, 5) is 6.37. The minimum Gasteiger partial charge on any atom is -0.322 e. The second-order valence-corrected chi connectivity index (χ2v) is 8.81. The predicted octanol–water partition coefficient (Wildman–Crippen LogP) is 3.01. The summed E-state index contributed by atoms with van der Waals surface area (Å²) in [6.45, 7) is 5.55. The van der Waals surface area contributed by atoms with Gasteiger partial charge in [-0.25, -0.2) is 8.42 Å². The van der Waals surface area contributed by atoms with Crippen LogP contribution in [0.1, 0.15) is 25.6 Å². The van der Waals surface area contributed by atoms with E-state index in [0.29, 0.717) is 43.0 Å². The van der Waals surface area contributed by atoms with Gasteiger partial charge in [0.05, 0.1) is 14.9 Å². The average Bonchev–Trinajstić information content (AvgIpc) is 3.08. The van der Waals surface area contributed by atoms with Gasteiger partial charge in [0.15, 0.2) is 5.82 Å². The standard InChI is InChI=1S/C15H18Cl2N4O3S/c1-10(2)14-18-15(24-19-14)20-5-7-21(8-6-20)25(22,23)11-3-4-12(16)13(17)9-11/h3-4,9-10H,5-8H2,1-2H3. The molecule has 0 unspecified atom stereocenters. The topological polar surface area (TPSA) is 79.5 Å². The average molecular weight is 405 g/mol. The van der Waals surface area contributed by atoms with Crippen molar-refractivity contribution in [1.82, 2.24) is 14.4 Å². The number of aromatic nitrogens is 2. The molecule has 1 aliphatic heterocycles. The van der Waals surface area contributed by atoms with E-state index in [4.69, 9.17) is 27.7 Å². The molecule has 2 aromatic rings. The predicted molar refractivity (Wildman–Crippen MR) is 95.8 cm³/mol. The van der Waals surface area contributed by atoms with Crippen LogP contribution in [0.15, 0.2) is 27.6 Å². The molecule has 1 saturated heterocycles. The van der Waals surface area contributed by atoms with Gasteiger partial charge in [-0.3, -0.25) is 0 Å². The Kier molecular flexibility index (Phi) is 5.24. The van der Waals surface area contributed by atoms with E-state index in [-0.39, 0.29) is 15.8 Å². The molecule has 25 heavy (non-hydrogen) atoms. The molecule has 0 amide bonds. The summed E-state index contributed by atoms with van der Waals surface area (Å²) in [5.41, 5.74) is 0. The largest absolute Gasteiger partial charge is 0.324 e. The molecule has 0 bridgehead atoms. The van der Waals surface area contributed by atoms with Crippen molar-refractivity contribution in [2.45, 2.75) is 24.7 Å². The number of piperazine rings is 1. The second kappa shape index (κ2) is 7.11. The van der Waals surface area contributed by atoms with Gasteiger partial charge in [-0.1, -0.05) is 42.2 Å². The van der Waals surface area contributed by atoms with Crippen LogP contribution in [-0.4, -0.2) is 49.0 Å². The molecule has 0 atom stereocenters. The summed E-state index contributed by atoms with van der Waals surface area (Å²) in [5.74, 6) is 0.815. The van der Waals surface area contributed by atoms with Crippen LogP contribution in [0, 0.1) is 0 Å². The Bertz CT molecular complexity index is 861. The molecule has 1 fully saturated rings. The highest BCUT2D eigenvalue weighted by molar-refractivity contribution is 7.89. The maximum absolute atomic E-state index is 12.7. The zero-order valence-electron chi connectivity index (χ0n) is 13.8. The third kappa shape index (κ3) is 3.76. The van der Waals surface area contributed by atoms with Crippen LogP contribution in [0.2, 0.25) is 10.0 Å². The van der Waals surface area contributed by atoms with Crippen molar-refractivity contribution in [3.63, 3.8) is 0 Å². The minimum atomic E-state index is -3.62. The van der Waals surface area contributed by atoms with Crippen LogP contribution in [0.3, 0.4) is 0 Å². The number of benzene rings is 1. The highest BCUT2D eigenvalue weighted by atomic mass is 35.5. The normalized spacial score (nSPS) is 16.6. The quantitative estimate of drug-likeness (QED) is 0.778. The summed E-state index contributed by atoms with van der Waals surface area (Å²) in [5, 5.41) is 4.48. The monoisotopic (exact) mass is 404 g/mol. The van der Waals surface area contributed by atoms with Gasteiger partial charge >= 0.3 is 6.01 Å². The first kappa shape index (κ1) is 18.4. The van der Waals surface area contributed by atoms with E-state index in [1.165, 1.54) is 22.5 Å². The molecule has 0 saturated carbocycles. The molecule has 0 aliphatic carbocycles. The molecule has 10 heteroatoms. The van der Waals surface area contributed by atoms with Gasteiger partial charge in [0, 0.05) is 32.1 Å². The van der Waals surface area contributed by atoms with Gasteiger partial charge in [-0.05, 0) is 18.2 Å². The van der Waals surface area contributed by atoms with Crippen molar-refractivity contribution in [3.8, 4) is 0 Å². The molecule has 0 radical (unpaired) electrons. The lowest BCUT2D eigenvalue weighted by Crippen LogP contribution is -2.48. The fourth-order valence-electron chi connectivity index (χ4n) is 2.50. The summed E-state index contributed by atoms with van der Waals surface area (Å²) in [6, 6.07) is 4.75. The highest BCUT2D eigenvalue weighted by Gasteiger charge is 2.30. The second-order valence-electron chi connectivity index (χ2n) is 6.06. The summed E-state index contributed by atoms with van der Waals surface area (Å²) >= 11 is 11.8. The van der Waals surface area contributed by atoms with Crippen molar-refractivity contribution in [1.29, 1.82) is 0 Å². The van der Waals surface area contributed by atoms with Crippen LogP contribution in [0.5, 0.6) is 0 Å². The van der Waals surface area contributed by atoms with E-state index in [2.05, 4.69) is 10.1 Å². The third-order valence-corrected chi connectivity index (χ3v) is 6.62. The van der Waals surface area contributed by atoms with Crippen molar-refractivity contribution in [2.24, 2.45) is 0 Å². The maximum atomic E-state index is 12.7. The van der Waals surface area contributed by atoms with Crippen LogP contribution in [-0.2, 0) is 10.0 Å². The lowest BCUT2D eigenvalue weighted by molar-refractivity contribution is 0.353. The molecule has 2 heterocycles. The van der Waals surface area contributed by atoms with Gasteiger partial charge in [0.2, 0.25) is 10.0 Å². The maximum Gasteiger partial charge on any atom is 0.324 e. The van der Waals surface area contributed by atoms with Crippen molar-refractivity contribution in [3.05, 3.63) is 34.1 Å². The Morgan fingerprint density at radius 3 is 2.36 bits per heavy atom. The Morgan fingerprint density at radius 1 is 1.12 bits per heavy atom. The first-order valence-electron chi connectivity index (χ1n) is 7.83. The number of nitrogens with zero attached hydrogens (tertiary/aromatic N) is 4. The smallest absolute Gasteiger partial charge is 0.322 e. The molecular weight excluding hydrogens is 387 g/mol. The number of sulfonamides is 1. The minimum absolute atomic E-state index is 0.134. The van der Waals surface area contributed by atoms with Crippen molar-refractivity contribution >= 4 is 39.2 Å². The number of hydrogen-bond acceptors (Lipinski definition) is 6. The number of halogens is 2. The SMILES string of the molecule is CC(C)c1noc(N2CCN(S(=O)(=O)c3ccc(Cl)c(Cl)c3)CC2)n1. The first-order chi connectivity index (χ1) is 11.8. The lowest BCUT2D eigenvalue weighted by Gasteiger charge is -2.32. The van der Waals surface area contributed by atoms with Gasteiger partial charge < -0.3 is 9.42 Å². The van der Waals surface area contributed by atoms with E-state index in [9.17, 15) is 8.42 Å².